The van der Waals surface area contributed by atoms with E-state index in [4.69, 9.17) is 15.6 Å². The number of methoxy groups -OCH3 is 1. The molecule has 0 atom stereocenters. The number of piperidine rings is 1. The molecule has 0 spiro atoms. The number of carboxylic acid groups (broad SMARTS) is 1. The average Bonchev–Trinajstić information content (AvgIpc) is 2.69. The van der Waals surface area contributed by atoms with Crippen LogP contribution in [0.15, 0.2) is 18.3 Å². The van der Waals surface area contributed by atoms with Gasteiger partial charge in [-0.25, -0.2) is 14.2 Å². The monoisotopic (exact) mass is 403 g/mol. The number of hydrogen-bond donors (Lipinski definition) is 3. The van der Waals surface area contributed by atoms with Crippen molar-refractivity contribution in [3.8, 4) is 5.75 Å². The zero-order chi connectivity index (χ0) is 21.1. The van der Waals surface area contributed by atoms with Gasteiger partial charge >= 0.3 is 6.09 Å². The second-order valence-corrected chi connectivity index (χ2v) is 6.81. The molecule has 4 N–H and O–H groups in total. The Labute approximate surface area is 166 Å². The van der Waals surface area contributed by atoms with Gasteiger partial charge in [0.2, 0.25) is 11.7 Å². The van der Waals surface area contributed by atoms with E-state index in [0.29, 0.717) is 31.5 Å². The van der Waals surface area contributed by atoms with E-state index in [0.717, 1.165) is 6.07 Å². The fraction of sp³-hybridized carbons (Fsp3) is 0.368. The van der Waals surface area contributed by atoms with Gasteiger partial charge in [-0.3, -0.25) is 4.79 Å². The summed E-state index contributed by atoms with van der Waals surface area (Å²) in [5.74, 6) is -0.631. The van der Waals surface area contributed by atoms with E-state index in [1.54, 1.807) is 6.92 Å². The van der Waals surface area contributed by atoms with Crippen LogP contribution in [0.5, 0.6) is 5.75 Å². The molecule has 0 saturated carbocycles. The molecule has 1 fully saturated rings. The molecule has 0 radical (unpaired) electrons. The molecule has 10 heteroatoms. The maximum absolute atomic E-state index is 14.0. The standard InChI is InChI=1S/C19H22FN5O4/c1-10-7-15(29-2)12(8-14(10)20)16(26)13-9-22-18(24-17(13)21)23-11-3-5-25(6-4-11)19(27)28/h7-9,11H,3-6H2,1-2H3,(H,27,28)(H3,21,22,23,24). The van der Waals surface area contributed by atoms with Gasteiger partial charge in [-0.05, 0) is 37.5 Å². The number of halogens is 1. The van der Waals surface area contributed by atoms with E-state index in [1.165, 1.54) is 24.3 Å². The number of likely N-dealkylation sites (tertiary alicyclic amines) is 1. The third kappa shape index (κ3) is 4.36. The lowest BCUT2D eigenvalue weighted by Crippen LogP contribution is -2.41. The van der Waals surface area contributed by atoms with Gasteiger partial charge < -0.3 is 25.8 Å². The van der Waals surface area contributed by atoms with Gasteiger partial charge in [0.1, 0.15) is 17.4 Å². The first-order valence-corrected chi connectivity index (χ1v) is 9.06. The molecular formula is C19H22FN5O4. The Morgan fingerprint density at radius 3 is 2.59 bits per heavy atom. The van der Waals surface area contributed by atoms with Gasteiger partial charge in [-0.2, -0.15) is 4.98 Å². The van der Waals surface area contributed by atoms with Gasteiger partial charge in [0.25, 0.3) is 0 Å². The van der Waals surface area contributed by atoms with Gasteiger partial charge in [0.15, 0.2) is 0 Å². The Balaban J connectivity index is 1.76. The van der Waals surface area contributed by atoms with Crippen molar-refractivity contribution < 1.29 is 23.8 Å². The van der Waals surface area contributed by atoms with Crippen LogP contribution in [0.2, 0.25) is 0 Å². The van der Waals surface area contributed by atoms with E-state index in [1.807, 2.05) is 0 Å². The molecule has 0 aliphatic carbocycles. The van der Waals surface area contributed by atoms with Crippen LogP contribution in [0.25, 0.3) is 0 Å². The quantitative estimate of drug-likeness (QED) is 0.648. The van der Waals surface area contributed by atoms with Crippen LogP contribution in [-0.2, 0) is 0 Å². The van der Waals surface area contributed by atoms with Crippen LogP contribution >= 0.6 is 0 Å². The number of ketones is 1. The summed E-state index contributed by atoms with van der Waals surface area (Å²) in [6, 6.07) is 2.55. The van der Waals surface area contributed by atoms with Crippen LogP contribution in [0.3, 0.4) is 0 Å². The number of nitrogens with zero attached hydrogens (tertiary/aromatic N) is 3. The van der Waals surface area contributed by atoms with Crippen molar-refractivity contribution in [3.63, 3.8) is 0 Å². The maximum Gasteiger partial charge on any atom is 0.407 e. The fourth-order valence-corrected chi connectivity index (χ4v) is 3.18. The normalized spacial score (nSPS) is 14.5. The second-order valence-electron chi connectivity index (χ2n) is 6.81. The third-order valence-corrected chi connectivity index (χ3v) is 4.89. The Morgan fingerprint density at radius 2 is 2.00 bits per heavy atom. The summed E-state index contributed by atoms with van der Waals surface area (Å²) >= 11 is 0. The van der Waals surface area contributed by atoms with Gasteiger partial charge in [-0.15, -0.1) is 0 Å². The van der Waals surface area contributed by atoms with Crippen molar-refractivity contribution in [2.24, 2.45) is 0 Å². The van der Waals surface area contributed by atoms with E-state index in [9.17, 15) is 14.0 Å². The number of hydrogen-bond acceptors (Lipinski definition) is 7. The first-order valence-electron chi connectivity index (χ1n) is 9.06. The molecule has 0 unspecified atom stereocenters. The van der Waals surface area contributed by atoms with E-state index in [2.05, 4.69) is 15.3 Å². The van der Waals surface area contributed by atoms with Gasteiger partial charge in [0, 0.05) is 25.3 Å². The van der Waals surface area contributed by atoms with Crippen molar-refractivity contribution in [1.29, 1.82) is 0 Å². The maximum atomic E-state index is 14.0. The van der Waals surface area contributed by atoms with Crippen molar-refractivity contribution in [3.05, 3.63) is 40.8 Å². The number of aryl methyl sites for hydroxylation is 1. The molecule has 9 nitrogen and oxygen atoms in total. The Morgan fingerprint density at radius 1 is 1.31 bits per heavy atom. The third-order valence-electron chi connectivity index (χ3n) is 4.89. The minimum absolute atomic E-state index is 0.00200. The number of nitrogens with one attached hydrogen (secondary N) is 1. The summed E-state index contributed by atoms with van der Waals surface area (Å²) < 4.78 is 19.1. The molecular weight excluding hydrogens is 381 g/mol. The predicted molar refractivity (Wildman–Crippen MR) is 104 cm³/mol. The molecule has 154 valence electrons. The van der Waals surface area contributed by atoms with Crippen molar-refractivity contribution in [2.75, 3.05) is 31.2 Å². The first kappa shape index (κ1) is 20.3. The molecule has 2 heterocycles. The predicted octanol–water partition coefficient (Wildman–Crippen LogP) is 2.30. The van der Waals surface area contributed by atoms with Crippen molar-refractivity contribution >= 4 is 23.6 Å². The average molecular weight is 403 g/mol. The van der Waals surface area contributed by atoms with E-state index < -0.39 is 17.7 Å². The van der Waals surface area contributed by atoms with Crippen LogP contribution < -0.4 is 15.8 Å². The number of ether oxygens (including phenoxy) is 1. The Kier molecular flexibility index (Phi) is 5.81. The molecule has 2 aromatic rings. The number of anilines is 2. The summed E-state index contributed by atoms with van der Waals surface area (Å²) in [5.41, 5.74) is 6.39. The van der Waals surface area contributed by atoms with Crippen LogP contribution in [-0.4, -0.2) is 58.1 Å². The number of rotatable bonds is 5. The smallest absolute Gasteiger partial charge is 0.407 e. The lowest BCUT2D eigenvalue weighted by molar-refractivity contribution is 0.103. The highest BCUT2D eigenvalue weighted by Crippen LogP contribution is 2.27. The number of nitrogens with two attached hydrogens (primary N) is 1. The summed E-state index contributed by atoms with van der Waals surface area (Å²) in [6.07, 6.45) is 1.57. The Bertz CT molecular complexity index is 944. The summed E-state index contributed by atoms with van der Waals surface area (Å²) in [5, 5.41) is 12.1. The van der Waals surface area contributed by atoms with Crippen molar-refractivity contribution in [2.45, 2.75) is 25.8 Å². The molecule has 1 amide bonds. The van der Waals surface area contributed by atoms with E-state index in [-0.39, 0.29) is 34.7 Å². The number of carbonyl (C=O) groups excluding carboxylic acids is 1. The molecule has 1 aliphatic rings. The Hall–Kier alpha value is -3.43. The zero-order valence-corrected chi connectivity index (χ0v) is 16.1. The number of benzene rings is 1. The molecule has 3 rings (SSSR count). The molecule has 1 saturated heterocycles. The number of carbonyl (C=O) groups is 2. The molecule has 1 aliphatic heterocycles. The van der Waals surface area contributed by atoms with Gasteiger partial charge in [0.05, 0.1) is 18.2 Å². The van der Waals surface area contributed by atoms with Gasteiger partial charge in [-0.1, -0.05) is 0 Å². The van der Waals surface area contributed by atoms with Crippen molar-refractivity contribution in [1.82, 2.24) is 14.9 Å². The summed E-state index contributed by atoms with van der Waals surface area (Å²) in [6.45, 7) is 2.40. The first-order chi connectivity index (χ1) is 13.8. The SMILES string of the molecule is COc1cc(C)c(F)cc1C(=O)c1cnc(NC2CCN(C(=O)O)CC2)nc1N. The van der Waals surface area contributed by atoms with Crippen LogP contribution in [0.4, 0.5) is 21.0 Å². The number of nitrogen functional groups attached to an aromatic ring is 1. The summed E-state index contributed by atoms with van der Waals surface area (Å²) in [4.78, 5) is 33.4. The zero-order valence-electron chi connectivity index (χ0n) is 16.1. The number of amides is 1. The minimum atomic E-state index is -0.935. The van der Waals surface area contributed by atoms with E-state index >= 15 is 0 Å². The molecule has 1 aromatic carbocycles. The molecule has 29 heavy (non-hydrogen) atoms. The highest BCUT2D eigenvalue weighted by atomic mass is 19.1. The lowest BCUT2D eigenvalue weighted by atomic mass is 10.0. The molecule has 1 aromatic heterocycles. The molecule has 0 bridgehead atoms. The highest BCUT2D eigenvalue weighted by Gasteiger charge is 2.24. The fourth-order valence-electron chi connectivity index (χ4n) is 3.18. The lowest BCUT2D eigenvalue weighted by Gasteiger charge is -2.30. The van der Waals surface area contributed by atoms with Crippen LogP contribution in [0, 0.1) is 12.7 Å². The largest absolute Gasteiger partial charge is 0.496 e. The van der Waals surface area contributed by atoms with Crippen LogP contribution in [0.1, 0.15) is 34.3 Å². The topological polar surface area (TPSA) is 131 Å². The summed E-state index contributed by atoms with van der Waals surface area (Å²) in [7, 11) is 1.39. The minimum Gasteiger partial charge on any atom is -0.496 e. The number of aromatic nitrogens is 2. The second kappa shape index (κ2) is 8.29. The highest BCUT2D eigenvalue weighted by molar-refractivity contribution is 6.13.